The van der Waals surface area contributed by atoms with E-state index in [1.807, 2.05) is 5.38 Å². The van der Waals surface area contributed by atoms with Crippen LogP contribution in [0.15, 0.2) is 5.38 Å². The summed E-state index contributed by atoms with van der Waals surface area (Å²) in [5, 5.41) is 14.5. The zero-order valence-corrected chi connectivity index (χ0v) is 12.0. The van der Waals surface area contributed by atoms with Gasteiger partial charge < -0.3 is 10.4 Å². The van der Waals surface area contributed by atoms with E-state index >= 15 is 0 Å². The Balaban J connectivity index is 1.72. The van der Waals surface area contributed by atoms with Gasteiger partial charge in [-0.05, 0) is 44.1 Å². The van der Waals surface area contributed by atoms with Crippen molar-refractivity contribution < 1.29 is 9.90 Å². The molecule has 2 N–H and O–H groups in total. The van der Waals surface area contributed by atoms with Crippen LogP contribution < -0.4 is 5.32 Å². The molecule has 3 rings (SSSR count). The summed E-state index contributed by atoms with van der Waals surface area (Å²) in [5.74, 6) is 0.322. The van der Waals surface area contributed by atoms with Gasteiger partial charge in [0.15, 0.2) is 0 Å². The number of nitrogens with one attached hydrogen (secondary N) is 1. The van der Waals surface area contributed by atoms with Crippen LogP contribution in [0.5, 0.6) is 0 Å². The Kier molecular flexibility index (Phi) is 3.89. The Morgan fingerprint density at radius 1 is 1.32 bits per heavy atom. The van der Waals surface area contributed by atoms with Gasteiger partial charge in [-0.25, -0.2) is 0 Å². The van der Waals surface area contributed by atoms with Crippen molar-refractivity contribution in [3.8, 4) is 0 Å². The van der Waals surface area contributed by atoms with Crippen molar-refractivity contribution >= 4 is 17.2 Å². The quantitative estimate of drug-likeness (QED) is 0.893. The molecule has 1 fully saturated rings. The molecule has 0 radical (unpaired) electrons. The fourth-order valence-electron chi connectivity index (χ4n) is 3.38. The van der Waals surface area contributed by atoms with Crippen LogP contribution in [-0.4, -0.2) is 23.7 Å². The summed E-state index contributed by atoms with van der Waals surface area (Å²) in [7, 11) is 0. The molecule has 2 aliphatic carbocycles. The molecule has 1 aromatic heterocycles. The van der Waals surface area contributed by atoms with Crippen LogP contribution in [0.4, 0.5) is 0 Å². The van der Waals surface area contributed by atoms with Crippen LogP contribution in [0.3, 0.4) is 0 Å². The average molecular weight is 279 g/mol. The maximum Gasteiger partial charge on any atom is 0.252 e. The van der Waals surface area contributed by atoms with Crippen LogP contribution >= 0.6 is 11.3 Å². The molecule has 2 atom stereocenters. The average Bonchev–Trinajstić information content (AvgIpc) is 3.04. The predicted octanol–water partition coefficient (Wildman–Crippen LogP) is 2.52. The molecule has 2 unspecified atom stereocenters. The fourth-order valence-corrected chi connectivity index (χ4v) is 4.50. The van der Waals surface area contributed by atoms with E-state index in [1.54, 1.807) is 11.3 Å². The lowest BCUT2D eigenvalue weighted by Crippen LogP contribution is -2.38. The molecule has 0 spiro atoms. The highest BCUT2D eigenvalue weighted by Crippen LogP contribution is 2.31. The van der Waals surface area contributed by atoms with Crippen molar-refractivity contribution in [3.05, 3.63) is 21.4 Å². The monoisotopic (exact) mass is 279 g/mol. The lowest BCUT2D eigenvalue weighted by Gasteiger charge is -2.20. The minimum absolute atomic E-state index is 0.0738. The van der Waals surface area contributed by atoms with Crippen molar-refractivity contribution in [2.45, 2.75) is 51.0 Å². The number of carbonyl (C=O) groups excluding carboxylic acids is 1. The molecule has 1 aromatic rings. The molecule has 104 valence electrons. The number of aryl methyl sites for hydroxylation is 1. The summed E-state index contributed by atoms with van der Waals surface area (Å²) in [5.41, 5.74) is 2.18. The highest BCUT2D eigenvalue weighted by molar-refractivity contribution is 7.10. The smallest absolute Gasteiger partial charge is 0.252 e. The molecular formula is C15H21NO2S. The van der Waals surface area contributed by atoms with E-state index in [-0.39, 0.29) is 24.5 Å². The molecule has 2 aliphatic rings. The van der Waals surface area contributed by atoms with Gasteiger partial charge in [0.05, 0.1) is 5.56 Å². The van der Waals surface area contributed by atoms with Gasteiger partial charge in [0.25, 0.3) is 5.91 Å². The largest absolute Gasteiger partial charge is 0.396 e. The number of carbonyl (C=O) groups is 1. The number of aliphatic hydroxyl groups is 1. The third kappa shape index (κ3) is 2.56. The van der Waals surface area contributed by atoms with Gasteiger partial charge in [-0.3, -0.25) is 4.79 Å². The summed E-state index contributed by atoms with van der Waals surface area (Å²) in [6.07, 6.45) is 7.78. The number of hydrogen-bond donors (Lipinski definition) is 2. The van der Waals surface area contributed by atoms with E-state index in [1.165, 1.54) is 23.3 Å². The van der Waals surface area contributed by atoms with Crippen LogP contribution in [0.25, 0.3) is 0 Å². The van der Waals surface area contributed by atoms with Gasteiger partial charge in [0, 0.05) is 28.8 Å². The number of aliphatic hydroxyl groups excluding tert-OH is 1. The summed E-state index contributed by atoms with van der Waals surface area (Å²) in [6, 6.07) is 0.164. The maximum absolute atomic E-state index is 12.4. The van der Waals surface area contributed by atoms with Gasteiger partial charge >= 0.3 is 0 Å². The molecule has 4 heteroatoms. The molecule has 1 heterocycles. The topological polar surface area (TPSA) is 49.3 Å². The number of amides is 1. The maximum atomic E-state index is 12.4. The molecule has 0 aromatic carbocycles. The SMILES string of the molecule is O=C(NC1CCCC1CO)c1csc2c1CCCC2. The van der Waals surface area contributed by atoms with Gasteiger partial charge in [0.1, 0.15) is 0 Å². The summed E-state index contributed by atoms with van der Waals surface area (Å²) < 4.78 is 0. The summed E-state index contributed by atoms with van der Waals surface area (Å²) >= 11 is 1.73. The van der Waals surface area contributed by atoms with Crippen molar-refractivity contribution in [1.82, 2.24) is 5.32 Å². The first-order valence-corrected chi connectivity index (χ1v) is 8.18. The third-order valence-corrected chi connectivity index (χ3v) is 5.60. The second-order valence-electron chi connectivity index (χ2n) is 5.71. The Bertz CT molecular complexity index is 469. The number of thiophene rings is 1. The highest BCUT2D eigenvalue weighted by Gasteiger charge is 2.29. The van der Waals surface area contributed by atoms with E-state index < -0.39 is 0 Å². The predicted molar refractivity (Wildman–Crippen MR) is 76.6 cm³/mol. The van der Waals surface area contributed by atoms with Crippen molar-refractivity contribution in [2.24, 2.45) is 5.92 Å². The van der Waals surface area contributed by atoms with Gasteiger partial charge in [-0.2, -0.15) is 0 Å². The minimum atomic E-state index is 0.0738. The molecular weight excluding hydrogens is 258 g/mol. The lowest BCUT2D eigenvalue weighted by molar-refractivity contribution is 0.0915. The standard InChI is InChI=1S/C15H21NO2S/c17-8-10-4-3-6-13(10)16-15(18)12-9-19-14-7-2-1-5-11(12)14/h9-10,13,17H,1-8H2,(H,16,18). The molecule has 1 amide bonds. The third-order valence-electron chi connectivity index (χ3n) is 4.52. The summed E-state index contributed by atoms with van der Waals surface area (Å²) in [6.45, 7) is 0.187. The van der Waals surface area contributed by atoms with Crippen LogP contribution in [-0.2, 0) is 12.8 Å². The summed E-state index contributed by atoms with van der Waals surface area (Å²) in [4.78, 5) is 13.8. The number of hydrogen-bond acceptors (Lipinski definition) is 3. The Morgan fingerprint density at radius 2 is 2.16 bits per heavy atom. The van der Waals surface area contributed by atoms with Crippen LogP contribution in [0.2, 0.25) is 0 Å². The van der Waals surface area contributed by atoms with Gasteiger partial charge in [0.2, 0.25) is 0 Å². The minimum Gasteiger partial charge on any atom is -0.396 e. The number of fused-ring (bicyclic) bond motifs is 1. The molecule has 0 bridgehead atoms. The fraction of sp³-hybridized carbons (Fsp3) is 0.667. The Morgan fingerprint density at radius 3 is 3.00 bits per heavy atom. The first-order chi connectivity index (χ1) is 9.29. The second-order valence-corrected chi connectivity index (χ2v) is 6.68. The van der Waals surface area contributed by atoms with E-state index in [2.05, 4.69) is 5.32 Å². The van der Waals surface area contributed by atoms with Crippen LogP contribution in [0.1, 0.15) is 52.9 Å². The lowest BCUT2D eigenvalue weighted by atomic mass is 9.95. The molecule has 0 aliphatic heterocycles. The van der Waals surface area contributed by atoms with Crippen molar-refractivity contribution in [3.63, 3.8) is 0 Å². The molecule has 0 saturated heterocycles. The van der Waals surface area contributed by atoms with Gasteiger partial charge in [-0.1, -0.05) is 6.42 Å². The Labute approximate surface area is 118 Å². The van der Waals surface area contributed by atoms with E-state index in [0.717, 1.165) is 37.7 Å². The Hall–Kier alpha value is -0.870. The van der Waals surface area contributed by atoms with E-state index in [9.17, 15) is 9.90 Å². The first kappa shape index (κ1) is 13.1. The van der Waals surface area contributed by atoms with Crippen molar-refractivity contribution in [2.75, 3.05) is 6.61 Å². The molecule has 1 saturated carbocycles. The van der Waals surface area contributed by atoms with E-state index in [0.29, 0.717) is 0 Å². The highest BCUT2D eigenvalue weighted by atomic mass is 32.1. The van der Waals surface area contributed by atoms with E-state index in [4.69, 9.17) is 0 Å². The van der Waals surface area contributed by atoms with Crippen LogP contribution in [0, 0.1) is 5.92 Å². The second kappa shape index (κ2) is 5.63. The van der Waals surface area contributed by atoms with Gasteiger partial charge in [-0.15, -0.1) is 11.3 Å². The van der Waals surface area contributed by atoms with Crippen molar-refractivity contribution in [1.29, 1.82) is 0 Å². The normalized spacial score (nSPS) is 26.2. The number of rotatable bonds is 3. The zero-order chi connectivity index (χ0) is 13.2. The molecule has 3 nitrogen and oxygen atoms in total. The first-order valence-electron chi connectivity index (χ1n) is 7.30. The molecule has 19 heavy (non-hydrogen) atoms. The zero-order valence-electron chi connectivity index (χ0n) is 11.2.